The van der Waals surface area contributed by atoms with E-state index in [2.05, 4.69) is 15.7 Å². The first-order valence-electron chi connectivity index (χ1n) is 11.4. The van der Waals surface area contributed by atoms with E-state index in [1.54, 1.807) is 0 Å². The Hall–Kier alpha value is -4.76. The van der Waals surface area contributed by atoms with Crippen molar-refractivity contribution in [3.05, 3.63) is 105 Å². The molecule has 0 radical (unpaired) electrons. The molecule has 5 rings (SSSR count). The van der Waals surface area contributed by atoms with Crippen molar-refractivity contribution in [3.8, 4) is 17.2 Å². The van der Waals surface area contributed by atoms with Gasteiger partial charge in [-0.3, -0.25) is 14.3 Å². The molecular weight excluding hydrogens is 557 g/mol. The number of anilines is 1. The summed E-state index contributed by atoms with van der Waals surface area (Å²) in [4.78, 5) is 26.2. The number of carbonyl (C=O) groups excluding carboxylic acids is 2. The number of nitriles is 1. The lowest BCUT2D eigenvalue weighted by Crippen LogP contribution is -2.21. The van der Waals surface area contributed by atoms with E-state index < -0.39 is 46.8 Å². The molecule has 1 aliphatic rings. The fourth-order valence-electron chi connectivity index (χ4n) is 4.52. The predicted octanol–water partition coefficient (Wildman–Crippen LogP) is 5.99. The highest BCUT2D eigenvalue weighted by Crippen LogP contribution is 2.42. The number of carbonyl (C=O) groups is 2. The zero-order valence-corrected chi connectivity index (χ0v) is 21.0. The maximum Gasteiger partial charge on any atom is 0.416 e. The maximum atomic E-state index is 14.1. The molecule has 0 unspecified atom stereocenters. The largest absolute Gasteiger partial charge is 0.416 e. The number of fused-ring (bicyclic) bond motifs is 1. The maximum absolute atomic E-state index is 14.1. The minimum Gasteiger partial charge on any atom is -0.341 e. The molecule has 40 heavy (non-hydrogen) atoms. The van der Waals surface area contributed by atoms with Crippen LogP contribution in [-0.4, -0.2) is 21.6 Å². The van der Waals surface area contributed by atoms with Gasteiger partial charge in [0.15, 0.2) is 0 Å². The Bertz CT molecular complexity index is 1760. The number of aromatic nitrogens is 2. The van der Waals surface area contributed by atoms with Crippen molar-refractivity contribution < 1.29 is 31.5 Å². The van der Waals surface area contributed by atoms with Gasteiger partial charge in [0, 0.05) is 45.6 Å². The van der Waals surface area contributed by atoms with E-state index in [4.69, 9.17) is 11.6 Å². The summed E-state index contributed by atoms with van der Waals surface area (Å²) in [5.41, 5.74) is -1.04. The van der Waals surface area contributed by atoms with Crippen molar-refractivity contribution in [2.45, 2.75) is 12.2 Å². The number of aryl methyl sites for hydroxylation is 1. The van der Waals surface area contributed by atoms with Crippen LogP contribution < -0.4 is 10.6 Å². The number of amides is 2. The topological polar surface area (TPSA) is 99.8 Å². The van der Waals surface area contributed by atoms with Crippen molar-refractivity contribution in [1.29, 1.82) is 5.26 Å². The lowest BCUT2D eigenvalue weighted by molar-refractivity contribution is -0.137. The summed E-state index contributed by atoms with van der Waals surface area (Å²) in [5, 5.41) is 18.9. The van der Waals surface area contributed by atoms with E-state index in [0.717, 1.165) is 12.1 Å². The number of hydrogen-bond donors (Lipinski definition) is 2. The van der Waals surface area contributed by atoms with Gasteiger partial charge in [-0.05, 0) is 54.1 Å². The molecule has 2 N–H and O–H groups in total. The first-order valence-corrected chi connectivity index (χ1v) is 11.8. The second kappa shape index (κ2) is 9.77. The van der Waals surface area contributed by atoms with Crippen molar-refractivity contribution in [2.75, 3.05) is 5.32 Å². The van der Waals surface area contributed by atoms with Gasteiger partial charge in [-0.1, -0.05) is 11.6 Å². The number of benzene rings is 3. The molecular formula is C27H15ClF5N5O2. The molecule has 0 saturated heterocycles. The molecule has 1 atom stereocenters. The van der Waals surface area contributed by atoms with Crippen molar-refractivity contribution >= 4 is 29.1 Å². The molecule has 3 aromatic carbocycles. The number of hydrogen-bond acceptors (Lipinski definition) is 4. The van der Waals surface area contributed by atoms with Crippen molar-refractivity contribution in [1.82, 2.24) is 15.1 Å². The molecule has 1 aromatic heterocycles. The van der Waals surface area contributed by atoms with Crippen LogP contribution in [0, 0.1) is 23.0 Å². The molecule has 0 spiro atoms. The second-order valence-corrected chi connectivity index (χ2v) is 9.29. The van der Waals surface area contributed by atoms with Crippen LogP contribution in [0.2, 0.25) is 5.02 Å². The quantitative estimate of drug-likeness (QED) is 0.294. The molecule has 0 bridgehead atoms. The predicted molar refractivity (Wildman–Crippen MR) is 133 cm³/mol. The van der Waals surface area contributed by atoms with Gasteiger partial charge in [-0.15, -0.1) is 0 Å². The standard InChI is InChI=1S/C27H15ClF5N5O2/c1-38-22(10-34)19(11-35-38)12-6-18-23(24(37-26(18)40)17-9-15(29)2-3-20(17)28)21(7-12)36-25(39)13-4-14(27(31,32)33)8-16(30)5-13/h2-9,11,24H,1H3,(H,36,39)(H,37,40)/t24-/m0/s1. The number of nitrogens with zero attached hydrogens (tertiary/aromatic N) is 3. The van der Waals surface area contributed by atoms with Crippen LogP contribution >= 0.6 is 11.6 Å². The van der Waals surface area contributed by atoms with Crippen LogP contribution in [0.1, 0.15) is 49.1 Å². The molecule has 4 aromatic rings. The van der Waals surface area contributed by atoms with Crippen LogP contribution in [0.4, 0.5) is 27.6 Å². The Morgan fingerprint density at radius 1 is 1.10 bits per heavy atom. The third-order valence-corrected chi connectivity index (χ3v) is 6.69. The molecule has 202 valence electrons. The van der Waals surface area contributed by atoms with Crippen molar-refractivity contribution in [3.63, 3.8) is 0 Å². The zero-order valence-electron chi connectivity index (χ0n) is 20.2. The van der Waals surface area contributed by atoms with Gasteiger partial charge in [-0.25, -0.2) is 8.78 Å². The average Bonchev–Trinajstić information content (AvgIpc) is 3.43. The highest BCUT2D eigenvalue weighted by atomic mass is 35.5. The Labute approximate surface area is 227 Å². The van der Waals surface area contributed by atoms with E-state index in [9.17, 15) is 36.8 Å². The van der Waals surface area contributed by atoms with E-state index in [1.165, 1.54) is 36.1 Å². The summed E-state index contributed by atoms with van der Waals surface area (Å²) in [7, 11) is 1.52. The fourth-order valence-corrected chi connectivity index (χ4v) is 4.75. The monoisotopic (exact) mass is 571 g/mol. The number of alkyl halides is 3. The lowest BCUT2D eigenvalue weighted by Gasteiger charge is -2.19. The van der Waals surface area contributed by atoms with E-state index >= 15 is 0 Å². The highest BCUT2D eigenvalue weighted by Gasteiger charge is 2.36. The molecule has 0 saturated carbocycles. The molecule has 0 aliphatic carbocycles. The Morgan fingerprint density at radius 3 is 2.55 bits per heavy atom. The third-order valence-electron chi connectivity index (χ3n) is 6.35. The van der Waals surface area contributed by atoms with E-state index in [0.29, 0.717) is 17.7 Å². The Kier molecular flexibility index (Phi) is 6.55. The number of nitrogens with one attached hydrogen (secondary N) is 2. The normalized spacial score (nSPS) is 14.4. The summed E-state index contributed by atoms with van der Waals surface area (Å²) in [6.07, 6.45) is -3.55. The van der Waals surface area contributed by atoms with Gasteiger partial charge < -0.3 is 10.6 Å². The Morgan fingerprint density at radius 2 is 1.85 bits per heavy atom. The average molecular weight is 572 g/mol. The smallest absolute Gasteiger partial charge is 0.341 e. The Balaban J connectivity index is 1.69. The van der Waals surface area contributed by atoms with Crippen LogP contribution in [0.25, 0.3) is 11.1 Å². The van der Waals surface area contributed by atoms with Gasteiger partial charge in [0.1, 0.15) is 23.4 Å². The van der Waals surface area contributed by atoms with Gasteiger partial charge in [0.25, 0.3) is 11.8 Å². The molecule has 2 heterocycles. The van der Waals surface area contributed by atoms with Crippen molar-refractivity contribution in [2.24, 2.45) is 7.05 Å². The van der Waals surface area contributed by atoms with Gasteiger partial charge >= 0.3 is 6.18 Å². The van der Waals surface area contributed by atoms with Crippen LogP contribution in [0.5, 0.6) is 0 Å². The van der Waals surface area contributed by atoms with Crippen LogP contribution in [0.3, 0.4) is 0 Å². The molecule has 0 fully saturated rings. The molecule has 13 heteroatoms. The van der Waals surface area contributed by atoms with Gasteiger partial charge in [0.05, 0.1) is 17.8 Å². The number of rotatable bonds is 4. The minimum absolute atomic E-state index is 0.0288. The summed E-state index contributed by atoms with van der Waals surface area (Å²) in [6.45, 7) is 0. The third kappa shape index (κ3) is 4.76. The highest BCUT2D eigenvalue weighted by molar-refractivity contribution is 6.31. The lowest BCUT2D eigenvalue weighted by atomic mass is 9.92. The SMILES string of the molecule is Cn1ncc(-c2cc(NC(=O)c3cc(F)cc(C(F)(F)F)c3)c3c(c2)C(=O)N[C@H]3c2cc(F)ccc2Cl)c1C#N. The molecule has 7 nitrogen and oxygen atoms in total. The van der Waals surface area contributed by atoms with E-state index in [-0.39, 0.29) is 44.7 Å². The second-order valence-electron chi connectivity index (χ2n) is 8.88. The first kappa shape index (κ1) is 26.8. The minimum atomic E-state index is -4.91. The summed E-state index contributed by atoms with van der Waals surface area (Å²) < 4.78 is 69.3. The summed E-state index contributed by atoms with van der Waals surface area (Å²) in [5.74, 6) is -3.67. The fraction of sp³-hybridized carbons (Fsp3) is 0.111. The molecule has 1 aliphatic heterocycles. The zero-order chi connectivity index (χ0) is 28.9. The first-order chi connectivity index (χ1) is 18.9. The summed E-state index contributed by atoms with van der Waals surface area (Å²) >= 11 is 6.29. The summed E-state index contributed by atoms with van der Waals surface area (Å²) in [6, 6.07) is 8.63. The van der Waals surface area contributed by atoms with Gasteiger partial charge in [0.2, 0.25) is 0 Å². The molecule has 2 amide bonds. The van der Waals surface area contributed by atoms with Crippen LogP contribution in [0.15, 0.2) is 54.7 Å². The van der Waals surface area contributed by atoms with E-state index in [1.807, 2.05) is 6.07 Å². The number of halogens is 6. The van der Waals surface area contributed by atoms with Gasteiger partial charge in [-0.2, -0.15) is 23.5 Å². The van der Waals surface area contributed by atoms with Crippen LogP contribution in [-0.2, 0) is 13.2 Å².